The third-order valence-corrected chi connectivity index (χ3v) is 5.70. The molecule has 0 bridgehead atoms. The van der Waals surface area contributed by atoms with Gasteiger partial charge in [0.2, 0.25) is 11.8 Å². The quantitative estimate of drug-likeness (QED) is 0.0912. The van der Waals surface area contributed by atoms with Gasteiger partial charge in [0.25, 0.3) is 11.4 Å². The van der Waals surface area contributed by atoms with Gasteiger partial charge in [-0.3, -0.25) is 9.36 Å². The lowest BCUT2D eigenvalue weighted by molar-refractivity contribution is -0.420. The van der Waals surface area contributed by atoms with Crippen molar-refractivity contribution in [1.29, 1.82) is 0 Å². The molecule has 0 unspecified atom stereocenters. The number of ether oxygens (including phenoxy) is 3. The van der Waals surface area contributed by atoms with Crippen molar-refractivity contribution in [3.05, 3.63) is 70.2 Å². The van der Waals surface area contributed by atoms with Crippen molar-refractivity contribution in [2.45, 2.75) is 32.3 Å². The lowest BCUT2D eigenvalue weighted by Crippen LogP contribution is -2.36. The van der Waals surface area contributed by atoms with Crippen LogP contribution in [-0.4, -0.2) is 79.6 Å². The van der Waals surface area contributed by atoms with E-state index >= 15 is 0 Å². The largest absolute Gasteiger partial charge is 0.493 e. The normalized spacial score (nSPS) is 12.2. The fraction of sp³-hybridized carbons (Fsp3) is 0.240. The zero-order valence-electron chi connectivity index (χ0n) is 22.0. The fourth-order valence-corrected chi connectivity index (χ4v) is 4.08. The van der Waals surface area contributed by atoms with Gasteiger partial charge in [-0.15, -0.1) is 10.2 Å². The van der Waals surface area contributed by atoms with E-state index in [0.717, 1.165) is 18.2 Å². The van der Waals surface area contributed by atoms with Crippen LogP contribution < -0.4 is 15.0 Å². The average molecular weight is 601 g/mol. The van der Waals surface area contributed by atoms with Gasteiger partial charge in [-0.05, 0) is 31.2 Å². The molecule has 0 fully saturated rings. The lowest BCUT2D eigenvalue weighted by Gasteiger charge is -2.25. The van der Waals surface area contributed by atoms with Crippen molar-refractivity contribution in [3.63, 3.8) is 0 Å². The standard InChI is InChI=1S/C25H23N5O13/c1-2-39-11-17-26-21(31)19(22-28-27-18(40-22)10-13-12-6-3-4-7-14(12)43-29-13)23(32)30(17)20-15(41-24(33,34)35)8-5-9-16(20)42-25(36,37)38/h3-9,32-38H,2,10-11H2,1H3. The van der Waals surface area contributed by atoms with Crippen LogP contribution in [0, 0.1) is 0 Å². The summed E-state index contributed by atoms with van der Waals surface area (Å²) in [5.41, 5.74) is -1.38. The highest BCUT2D eigenvalue weighted by Crippen LogP contribution is 2.40. The van der Waals surface area contributed by atoms with Crippen LogP contribution in [0.4, 0.5) is 0 Å². The van der Waals surface area contributed by atoms with Crippen molar-refractivity contribution < 1.29 is 58.9 Å². The Balaban J connectivity index is 1.68. The number of fused-ring (bicyclic) bond motifs is 1. The molecule has 0 aliphatic rings. The maximum Gasteiger partial charge on any atom is 0.453 e. The van der Waals surface area contributed by atoms with Gasteiger partial charge < -0.3 is 58.9 Å². The van der Waals surface area contributed by atoms with E-state index in [2.05, 4.69) is 20.3 Å². The number of rotatable bonds is 11. The molecule has 18 heteroatoms. The number of hydrogen-bond acceptors (Lipinski definition) is 17. The van der Waals surface area contributed by atoms with E-state index in [1.807, 2.05) is 0 Å². The molecule has 7 N–H and O–H groups in total. The van der Waals surface area contributed by atoms with Crippen LogP contribution >= 0.6 is 0 Å². The molecular formula is C25H23N5O13. The topological polar surface area (TPSA) is 269 Å². The molecule has 5 aromatic rings. The Hall–Kier alpha value is -4.95. The van der Waals surface area contributed by atoms with Crippen LogP contribution in [-0.2, 0) is 17.8 Å². The van der Waals surface area contributed by atoms with Crippen LogP contribution in [0.25, 0.3) is 28.1 Å². The zero-order chi connectivity index (χ0) is 30.9. The number of aromatic hydroxyl groups is 1. The van der Waals surface area contributed by atoms with E-state index in [1.165, 1.54) is 0 Å². The van der Waals surface area contributed by atoms with Gasteiger partial charge in [0.05, 0.1) is 6.42 Å². The number of nitrogens with zero attached hydrogens (tertiary/aromatic N) is 5. The van der Waals surface area contributed by atoms with E-state index in [4.69, 9.17) is 23.2 Å². The maximum atomic E-state index is 13.1. The minimum absolute atomic E-state index is 0.0132. The summed E-state index contributed by atoms with van der Waals surface area (Å²) < 4.78 is 26.4. The Bertz CT molecular complexity index is 1780. The first-order chi connectivity index (χ1) is 20.3. The molecule has 43 heavy (non-hydrogen) atoms. The maximum absolute atomic E-state index is 13.1. The van der Waals surface area contributed by atoms with Crippen LogP contribution in [0.5, 0.6) is 17.4 Å². The highest BCUT2D eigenvalue weighted by Gasteiger charge is 2.32. The molecule has 18 nitrogen and oxygen atoms in total. The Morgan fingerprint density at radius 1 is 0.930 bits per heavy atom. The van der Waals surface area contributed by atoms with Crippen molar-refractivity contribution in [2.24, 2.45) is 0 Å². The van der Waals surface area contributed by atoms with Crippen molar-refractivity contribution in [3.8, 4) is 34.5 Å². The third-order valence-electron chi connectivity index (χ3n) is 5.70. The number of aromatic nitrogens is 5. The van der Waals surface area contributed by atoms with Gasteiger partial charge in [0, 0.05) is 12.0 Å². The summed E-state index contributed by atoms with van der Waals surface area (Å²) in [6.45, 7) is 1.28. The van der Waals surface area contributed by atoms with E-state index in [-0.39, 0.29) is 24.7 Å². The molecule has 226 valence electrons. The van der Waals surface area contributed by atoms with E-state index in [9.17, 15) is 40.5 Å². The SMILES string of the molecule is CCOCc1nc(=O)c(-c2nnc(Cc3noc4ccccc34)o2)c(O)n1-c1c(OC(O)(O)O)cccc1OC(O)(O)O. The Kier molecular flexibility index (Phi) is 7.82. The second-order valence-corrected chi connectivity index (χ2v) is 8.76. The monoisotopic (exact) mass is 601 g/mol. The second kappa shape index (κ2) is 11.4. The minimum Gasteiger partial charge on any atom is -0.493 e. The van der Waals surface area contributed by atoms with E-state index < -0.39 is 59.0 Å². The summed E-state index contributed by atoms with van der Waals surface area (Å²) in [5.74, 6) is -3.25. The average Bonchev–Trinajstić information content (AvgIpc) is 3.54. The van der Waals surface area contributed by atoms with Crippen LogP contribution in [0.15, 0.2) is 56.2 Å². The smallest absolute Gasteiger partial charge is 0.453 e. The Morgan fingerprint density at radius 2 is 1.60 bits per heavy atom. The van der Waals surface area contributed by atoms with Gasteiger partial charge >= 0.3 is 12.3 Å². The molecule has 3 aromatic heterocycles. The van der Waals surface area contributed by atoms with Gasteiger partial charge in [-0.2, -0.15) is 4.98 Å². The molecule has 2 aromatic carbocycles. The van der Waals surface area contributed by atoms with Crippen molar-refractivity contribution >= 4 is 11.0 Å². The second-order valence-electron chi connectivity index (χ2n) is 8.76. The van der Waals surface area contributed by atoms with Crippen LogP contribution in [0.3, 0.4) is 0 Å². The predicted octanol–water partition coefficient (Wildman–Crippen LogP) is -0.809. The molecule has 0 radical (unpaired) electrons. The third kappa shape index (κ3) is 6.44. The highest BCUT2D eigenvalue weighted by molar-refractivity contribution is 5.79. The molecule has 0 spiro atoms. The molecule has 0 atom stereocenters. The molecular weight excluding hydrogens is 578 g/mol. The van der Waals surface area contributed by atoms with Crippen molar-refractivity contribution in [2.75, 3.05) is 6.61 Å². The Morgan fingerprint density at radius 3 is 2.26 bits per heavy atom. The first kappa shape index (κ1) is 29.5. The summed E-state index contributed by atoms with van der Waals surface area (Å²) in [7, 11) is 0. The summed E-state index contributed by atoms with van der Waals surface area (Å²) >= 11 is 0. The number of para-hydroxylation sites is 2. The predicted molar refractivity (Wildman–Crippen MR) is 137 cm³/mol. The number of benzene rings is 2. The summed E-state index contributed by atoms with van der Waals surface area (Å²) in [6.07, 6.45) is -7.60. The number of hydrogen-bond donors (Lipinski definition) is 7. The Labute approximate surface area is 238 Å². The molecule has 0 aliphatic heterocycles. The summed E-state index contributed by atoms with van der Waals surface area (Å²) in [4.78, 5) is 17.0. The van der Waals surface area contributed by atoms with E-state index in [1.54, 1.807) is 31.2 Å². The molecule has 0 amide bonds. The zero-order valence-corrected chi connectivity index (χ0v) is 22.0. The number of aliphatic hydroxyl groups is 6. The first-order valence-corrected chi connectivity index (χ1v) is 12.3. The molecule has 5 rings (SSSR count). The molecule has 0 aliphatic carbocycles. The summed E-state index contributed by atoms with van der Waals surface area (Å²) in [6, 6.07) is 10.2. The van der Waals surface area contributed by atoms with Gasteiger partial charge in [-0.25, -0.2) is 0 Å². The minimum atomic E-state index is -3.79. The van der Waals surface area contributed by atoms with Gasteiger partial charge in [-0.1, -0.05) is 23.4 Å². The van der Waals surface area contributed by atoms with E-state index in [0.29, 0.717) is 21.2 Å². The fourth-order valence-electron chi connectivity index (χ4n) is 4.08. The highest BCUT2D eigenvalue weighted by atomic mass is 16.9. The summed E-state index contributed by atoms with van der Waals surface area (Å²) in [5, 5.41) is 80.8. The molecule has 0 saturated carbocycles. The molecule has 3 heterocycles. The first-order valence-electron chi connectivity index (χ1n) is 12.3. The van der Waals surface area contributed by atoms with Gasteiger partial charge in [0.15, 0.2) is 22.6 Å². The van der Waals surface area contributed by atoms with Gasteiger partial charge in [0.1, 0.15) is 23.8 Å². The van der Waals surface area contributed by atoms with Crippen molar-refractivity contribution in [1.82, 2.24) is 24.9 Å². The van der Waals surface area contributed by atoms with Crippen LogP contribution in [0.1, 0.15) is 24.3 Å². The molecule has 0 saturated heterocycles. The van der Waals surface area contributed by atoms with Crippen LogP contribution in [0.2, 0.25) is 0 Å². The lowest BCUT2D eigenvalue weighted by atomic mass is 10.2.